The highest BCUT2D eigenvalue weighted by Gasteiger charge is 2.36. The van der Waals surface area contributed by atoms with E-state index in [1.54, 1.807) is 0 Å². The van der Waals surface area contributed by atoms with Crippen LogP contribution in [-0.4, -0.2) is 43.5 Å². The Morgan fingerprint density at radius 3 is 2.33 bits per heavy atom. The van der Waals surface area contributed by atoms with E-state index in [1.807, 2.05) is 0 Å². The second kappa shape index (κ2) is 3.75. The first-order valence-corrected chi connectivity index (χ1v) is 7.08. The van der Waals surface area contributed by atoms with E-state index in [2.05, 4.69) is 5.32 Å². The molecule has 0 saturated heterocycles. The van der Waals surface area contributed by atoms with Crippen molar-refractivity contribution in [3.63, 3.8) is 0 Å². The molecular weight excluding hydrogens is 216 g/mol. The van der Waals surface area contributed by atoms with Gasteiger partial charge in [-0.15, -0.1) is 0 Å². The lowest BCUT2D eigenvalue weighted by molar-refractivity contribution is -0.121. The summed E-state index contributed by atoms with van der Waals surface area (Å²) >= 11 is 0. The Kier molecular flexibility index (Phi) is 2.72. The van der Waals surface area contributed by atoms with Crippen molar-refractivity contribution in [2.24, 2.45) is 0 Å². The van der Waals surface area contributed by atoms with Crippen LogP contribution >= 0.6 is 0 Å². The number of hydrogen-bond acceptors (Lipinski definition) is 3. The fraction of sp³-hybridized carbons (Fsp3) is 0.889. The van der Waals surface area contributed by atoms with Gasteiger partial charge in [0.15, 0.2) is 0 Å². The summed E-state index contributed by atoms with van der Waals surface area (Å²) in [4.78, 5) is 11.5. The third-order valence-corrected chi connectivity index (χ3v) is 3.90. The summed E-state index contributed by atoms with van der Waals surface area (Å²) in [6.07, 6.45) is 4.96. The van der Waals surface area contributed by atoms with E-state index in [4.69, 9.17) is 0 Å². The molecule has 0 aromatic rings. The van der Waals surface area contributed by atoms with Crippen molar-refractivity contribution in [3.05, 3.63) is 0 Å². The molecule has 2 aliphatic rings. The van der Waals surface area contributed by atoms with E-state index in [0.29, 0.717) is 0 Å². The molecule has 86 valence electrons. The lowest BCUT2D eigenvalue weighted by Gasteiger charge is -2.18. The largest absolute Gasteiger partial charge is 0.352 e. The van der Waals surface area contributed by atoms with Crippen LogP contribution in [0.25, 0.3) is 0 Å². The number of amides is 1. The monoisotopic (exact) mass is 232 g/mol. The van der Waals surface area contributed by atoms with Crippen LogP contribution in [0.4, 0.5) is 0 Å². The molecule has 6 heteroatoms. The zero-order valence-corrected chi connectivity index (χ0v) is 9.59. The molecular formula is C9H16N2O3S. The molecule has 0 spiro atoms. The molecule has 2 rings (SSSR count). The average molecular weight is 232 g/mol. The maximum Gasteiger partial charge on any atom is 0.235 e. The minimum Gasteiger partial charge on any atom is -0.352 e. The molecule has 0 aliphatic heterocycles. The predicted octanol–water partition coefficient (Wildman–Crippen LogP) is -0.311. The molecule has 0 aromatic heterocycles. The van der Waals surface area contributed by atoms with Crippen LogP contribution < -0.4 is 5.32 Å². The van der Waals surface area contributed by atoms with Gasteiger partial charge in [-0.1, -0.05) is 0 Å². The summed E-state index contributed by atoms with van der Waals surface area (Å²) < 4.78 is 24.1. The van der Waals surface area contributed by atoms with E-state index in [9.17, 15) is 13.2 Å². The number of sulfonamides is 1. The fourth-order valence-electron chi connectivity index (χ4n) is 1.52. The molecule has 2 fully saturated rings. The number of carbonyl (C=O) groups excluding carboxylic acids is 1. The number of hydrogen-bond donors (Lipinski definition) is 1. The van der Waals surface area contributed by atoms with Gasteiger partial charge in [-0.25, -0.2) is 8.42 Å². The van der Waals surface area contributed by atoms with Crippen LogP contribution in [0.3, 0.4) is 0 Å². The van der Waals surface area contributed by atoms with Crippen LogP contribution in [0.2, 0.25) is 0 Å². The molecule has 0 atom stereocenters. The Morgan fingerprint density at radius 2 is 1.93 bits per heavy atom. The molecule has 0 unspecified atom stereocenters. The summed E-state index contributed by atoms with van der Waals surface area (Å²) in [6, 6.07) is 0.350. The van der Waals surface area contributed by atoms with E-state index >= 15 is 0 Å². The smallest absolute Gasteiger partial charge is 0.235 e. The van der Waals surface area contributed by atoms with Gasteiger partial charge >= 0.3 is 0 Å². The van der Waals surface area contributed by atoms with Gasteiger partial charge in [0, 0.05) is 12.1 Å². The van der Waals surface area contributed by atoms with Crippen molar-refractivity contribution >= 4 is 15.9 Å². The third kappa shape index (κ3) is 3.17. The van der Waals surface area contributed by atoms with E-state index < -0.39 is 10.0 Å². The number of carbonyl (C=O) groups is 1. The SMILES string of the molecule is CS(=O)(=O)N(CC(=O)NC1CC1)C1CC1. The van der Waals surface area contributed by atoms with Gasteiger partial charge in [0.1, 0.15) is 0 Å². The zero-order valence-electron chi connectivity index (χ0n) is 8.77. The first-order chi connectivity index (χ1) is 6.97. The van der Waals surface area contributed by atoms with Crippen LogP contribution in [0.1, 0.15) is 25.7 Å². The highest BCUT2D eigenvalue weighted by atomic mass is 32.2. The number of rotatable bonds is 5. The van der Waals surface area contributed by atoms with Gasteiger partial charge in [-0.05, 0) is 25.7 Å². The van der Waals surface area contributed by atoms with Gasteiger partial charge in [-0.3, -0.25) is 4.79 Å². The lowest BCUT2D eigenvalue weighted by atomic mass is 10.5. The van der Waals surface area contributed by atoms with Crippen molar-refractivity contribution in [2.45, 2.75) is 37.8 Å². The highest BCUT2D eigenvalue weighted by molar-refractivity contribution is 7.88. The summed E-state index contributed by atoms with van der Waals surface area (Å²) in [5.41, 5.74) is 0. The van der Waals surface area contributed by atoms with Crippen LogP contribution in [-0.2, 0) is 14.8 Å². The van der Waals surface area contributed by atoms with Gasteiger partial charge in [0.2, 0.25) is 15.9 Å². The van der Waals surface area contributed by atoms with Crippen molar-refractivity contribution in [1.29, 1.82) is 0 Å². The Balaban J connectivity index is 1.90. The molecule has 0 aromatic carbocycles. The van der Waals surface area contributed by atoms with Gasteiger partial charge < -0.3 is 5.32 Å². The predicted molar refractivity (Wildman–Crippen MR) is 55.7 cm³/mol. The highest BCUT2D eigenvalue weighted by Crippen LogP contribution is 2.28. The number of nitrogens with one attached hydrogen (secondary N) is 1. The number of nitrogens with zero attached hydrogens (tertiary/aromatic N) is 1. The maximum atomic E-state index is 11.5. The van der Waals surface area contributed by atoms with Gasteiger partial charge in [0.05, 0.1) is 12.8 Å². The van der Waals surface area contributed by atoms with E-state index in [0.717, 1.165) is 31.9 Å². The summed E-state index contributed by atoms with van der Waals surface area (Å²) in [6.45, 7) is -0.0139. The summed E-state index contributed by atoms with van der Waals surface area (Å²) in [7, 11) is -3.24. The van der Waals surface area contributed by atoms with Crippen molar-refractivity contribution < 1.29 is 13.2 Å². The van der Waals surface area contributed by atoms with Crippen LogP contribution in [0.15, 0.2) is 0 Å². The van der Waals surface area contributed by atoms with Crippen LogP contribution in [0, 0.1) is 0 Å². The molecule has 0 heterocycles. The molecule has 15 heavy (non-hydrogen) atoms. The Morgan fingerprint density at radius 1 is 1.33 bits per heavy atom. The standard InChI is InChI=1S/C9H16N2O3S/c1-15(13,14)11(8-4-5-8)6-9(12)10-7-2-3-7/h7-8H,2-6H2,1H3,(H,10,12). The normalized spacial score (nSPS) is 21.7. The van der Waals surface area contributed by atoms with E-state index in [-0.39, 0.29) is 24.5 Å². The Hall–Kier alpha value is -0.620. The minimum absolute atomic E-state index is 0.0139. The van der Waals surface area contributed by atoms with Gasteiger partial charge in [-0.2, -0.15) is 4.31 Å². The summed E-state index contributed by atoms with van der Waals surface area (Å²) in [5, 5.41) is 2.79. The first-order valence-electron chi connectivity index (χ1n) is 5.23. The second-order valence-corrected chi connectivity index (χ2v) is 6.32. The Bertz CT molecular complexity index is 358. The minimum atomic E-state index is -3.24. The maximum absolute atomic E-state index is 11.5. The fourth-order valence-corrected chi connectivity index (χ4v) is 2.63. The van der Waals surface area contributed by atoms with Crippen molar-refractivity contribution in [1.82, 2.24) is 9.62 Å². The van der Waals surface area contributed by atoms with Crippen molar-refractivity contribution in [2.75, 3.05) is 12.8 Å². The van der Waals surface area contributed by atoms with Crippen LogP contribution in [0.5, 0.6) is 0 Å². The molecule has 1 amide bonds. The topological polar surface area (TPSA) is 66.5 Å². The van der Waals surface area contributed by atoms with E-state index in [1.165, 1.54) is 4.31 Å². The average Bonchev–Trinajstić information content (AvgIpc) is 2.92. The second-order valence-electron chi connectivity index (χ2n) is 4.38. The summed E-state index contributed by atoms with van der Waals surface area (Å²) in [5.74, 6) is -0.171. The van der Waals surface area contributed by atoms with Crippen molar-refractivity contribution in [3.8, 4) is 0 Å². The molecule has 2 saturated carbocycles. The molecule has 0 radical (unpaired) electrons. The molecule has 1 N–H and O–H groups in total. The lowest BCUT2D eigenvalue weighted by Crippen LogP contribution is -2.42. The van der Waals surface area contributed by atoms with Gasteiger partial charge in [0.25, 0.3) is 0 Å². The molecule has 2 aliphatic carbocycles. The zero-order chi connectivity index (χ0) is 11.1. The quantitative estimate of drug-likeness (QED) is 0.707. The molecule has 0 bridgehead atoms. The first kappa shape index (κ1) is 10.9. The Labute approximate surface area is 89.9 Å². The molecule has 5 nitrogen and oxygen atoms in total. The third-order valence-electron chi connectivity index (χ3n) is 2.62.